The van der Waals surface area contributed by atoms with Crippen LogP contribution in [0.3, 0.4) is 0 Å². The van der Waals surface area contributed by atoms with Gasteiger partial charge >= 0.3 is 6.18 Å². The van der Waals surface area contributed by atoms with Gasteiger partial charge in [-0.05, 0) is 34.9 Å². The summed E-state index contributed by atoms with van der Waals surface area (Å²) in [6.07, 6.45) is -4.46. The van der Waals surface area contributed by atoms with Crippen molar-refractivity contribution in [3.8, 4) is 22.9 Å². The predicted octanol–water partition coefficient (Wildman–Crippen LogP) is 5.82. The fourth-order valence-corrected chi connectivity index (χ4v) is 2.62. The van der Waals surface area contributed by atoms with E-state index >= 15 is 0 Å². The van der Waals surface area contributed by atoms with Crippen LogP contribution in [0.15, 0.2) is 72.8 Å². The molecule has 0 unspecified atom stereocenters. The lowest BCUT2D eigenvalue weighted by Crippen LogP contribution is -2.07. The fourth-order valence-electron chi connectivity index (χ4n) is 2.62. The Bertz CT molecular complexity index is 943. The molecule has 5 heteroatoms. The number of hydrogen-bond acceptors (Lipinski definition) is 2. The lowest BCUT2D eigenvalue weighted by Gasteiger charge is -2.14. The van der Waals surface area contributed by atoms with Gasteiger partial charge in [0.2, 0.25) is 0 Å². The maximum atomic E-state index is 13.3. The number of rotatable bonds is 4. The standard InChI is InChI=1S/C21H14F3NO/c22-21(23,24)19-9-5-4-8-18(19)16-10-11-17(13-25)20(12-16)26-14-15-6-2-1-3-7-15/h1-12H,14H2. The monoisotopic (exact) mass is 353 g/mol. The van der Waals surface area contributed by atoms with Gasteiger partial charge in [0.1, 0.15) is 18.4 Å². The van der Waals surface area contributed by atoms with E-state index in [0.29, 0.717) is 5.56 Å². The molecule has 0 radical (unpaired) electrons. The molecule has 0 bridgehead atoms. The van der Waals surface area contributed by atoms with Crippen LogP contribution >= 0.6 is 0 Å². The van der Waals surface area contributed by atoms with Crippen molar-refractivity contribution in [3.63, 3.8) is 0 Å². The van der Waals surface area contributed by atoms with E-state index in [0.717, 1.165) is 11.6 Å². The molecule has 0 saturated heterocycles. The molecule has 3 aromatic rings. The number of benzene rings is 3. The van der Waals surface area contributed by atoms with Crippen molar-refractivity contribution in [3.05, 3.63) is 89.5 Å². The fraction of sp³-hybridized carbons (Fsp3) is 0.0952. The Hall–Kier alpha value is -3.26. The average Bonchev–Trinajstić information content (AvgIpc) is 2.66. The van der Waals surface area contributed by atoms with Gasteiger partial charge < -0.3 is 4.74 Å². The first kappa shape index (κ1) is 17.6. The molecular formula is C21H14F3NO. The molecule has 0 amide bonds. The van der Waals surface area contributed by atoms with Gasteiger partial charge in [-0.2, -0.15) is 18.4 Å². The summed E-state index contributed by atoms with van der Waals surface area (Å²) in [7, 11) is 0. The van der Waals surface area contributed by atoms with Crippen LogP contribution < -0.4 is 4.74 Å². The second kappa shape index (κ2) is 7.32. The van der Waals surface area contributed by atoms with Gasteiger partial charge in [0.15, 0.2) is 0 Å². The van der Waals surface area contributed by atoms with Crippen molar-refractivity contribution < 1.29 is 17.9 Å². The second-order valence-corrected chi connectivity index (χ2v) is 5.64. The first-order valence-electron chi connectivity index (χ1n) is 7.86. The molecule has 0 fully saturated rings. The van der Waals surface area contributed by atoms with E-state index in [1.165, 1.54) is 30.3 Å². The van der Waals surface area contributed by atoms with Gasteiger partial charge in [-0.1, -0.05) is 54.6 Å². The Morgan fingerprint density at radius 3 is 2.27 bits per heavy atom. The lowest BCUT2D eigenvalue weighted by atomic mass is 9.98. The van der Waals surface area contributed by atoms with E-state index in [4.69, 9.17) is 4.74 Å². The van der Waals surface area contributed by atoms with Gasteiger partial charge in [0, 0.05) is 0 Å². The third-order valence-electron chi connectivity index (χ3n) is 3.88. The number of halogens is 3. The summed E-state index contributed by atoms with van der Waals surface area (Å²) >= 11 is 0. The molecule has 0 aliphatic rings. The minimum atomic E-state index is -4.46. The van der Waals surface area contributed by atoms with E-state index in [1.807, 2.05) is 36.4 Å². The SMILES string of the molecule is N#Cc1ccc(-c2ccccc2C(F)(F)F)cc1OCc1ccccc1. The van der Waals surface area contributed by atoms with E-state index in [2.05, 4.69) is 0 Å². The van der Waals surface area contributed by atoms with Gasteiger partial charge in [-0.3, -0.25) is 0 Å². The van der Waals surface area contributed by atoms with Crippen molar-refractivity contribution in [2.75, 3.05) is 0 Å². The second-order valence-electron chi connectivity index (χ2n) is 5.64. The largest absolute Gasteiger partial charge is 0.488 e. The number of nitriles is 1. The van der Waals surface area contributed by atoms with E-state index in [9.17, 15) is 18.4 Å². The van der Waals surface area contributed by atoms with Gasteiger partial charge in [-0.15, -0.1) is 0 Å². The highest BCUT2D eigenvalue weighted by molar-refractivity contribution is 5.71. The van der Waals surface area contributed by atoms with Crippen molar-refractivity contribution in [2.45, 2.75) is 12.8 Å². The quantitative estimate of drug-likeness (QED) is 0.592. The smallest absolute Gasteiger partial charge is 0.417 e. The maximum absolute atomic E-state index is 13.3. The van der Waals surface area contributed by atoms with E-state index < -0.39 is 11.7 Å². The van der Waals surface area contributed by atoms with Crippen LogP contribution in [-0.4, -0.2) is 0 Å². The Morgan fingerprint density at radius 1 is 0.885 bits per heavy atom. The number of nitrogens with zero attached hydrogens (tertiary/aromatic N) is 1. The van der Waals surface area contributed by atoms with Gasteiger partial charge in [0.25, 0.3) is 0 Å². The molecule has 0 heterocycles. The summed E-state index contributed by atoms with van der Waals surface area (Å²) in [5.74, 6) is 0.255. The summed E-state index contributed by atoms with van der Waals surface area (Å²) in [5, 5.41) is 9.25. The summed E-state index contributed by atoms with van der Waals surface area (Å²) < 4.78 is 45.5. The van der Waals surface area contributed by atoms with Crippen molar-refractivity contribution in [1.29, 1.82) is 5.26 Å². The number of ether oxygens (including phenoxy) is 1. The minimum Gasteiger partial charge on any atom is -0.488 e. The topological polar surface area (TPSA) is 33.0 Å². The molecule has 0 aliphatic carbocycles. The first-order chi connectivity index (χ1) is 12.5. The molecule has 0 spiro atoms. The zero-order valence-electron chi connectivity index (χ0n) is 13.6. The van der Waals surface area contributed by atoms with Crippen LogP contribution in [0.5, 0.6) is 5.75 Å². The van der Waals surface area contributed by atoms with Crippen LogP contribution in [0.4, 0.5) is 13.2 Å². The molecule has 3 aromatic carbocycles. The van der Waals surface area contributed by atoms with Crippen LogP contribution in [0.25, 0.3) is 11.1 Å². The van der Waals surface area contributed by atoms with Crippen molar-refractivity contribution in [2.24, 2.45) is 0 Å². The predicted molar refractivity (Wildman–Crippen MR) is 92.4 cm³/mol. The summed E-state index contributed by atoms with van der Waals surface area (Å²) in [5.41, 5.74) is 0.847. The highest BCUT2D eigenvalue weighted by atomic mass is 19.4. The molecule has 3 rings (SSSR count). The van der Waals surface area contributed by atoms with Crippen molar-refractivity contribution >= 4 is 0 Å². The first-order valence-corrected chi connectivity index (χ1v) is 7.86. The number of alkyl halides is 3. The summed E-state index contributed by atoms with van der Waals surface area (Å²) in [4.78, 5) is 0. The molecular weight excluding hydrogens is 339 g/mol. The molecule has 26 heavy (non-hydrogen) atoms. The zero-order valence-corrected chi connectivity index (χ0v) is 13.6. The Kier molecular flexibility index (Phi) is 4.94. The molecule has 0 aliphatic heterocycles. The van der Waals surface area contributed by atoms with E-state index in [1.54, 1.807) is 6.07 Å². The molecule has 0 aromatic heterocycles. The highest BCUT2D eigenvalue weighted by Gasteiger charge is 2.33. The maximum Gasteiger partial charge on any atom is 0.417 e. The van der Waals surface area contributed by atoms with Gasteiger partial charge in [-0.25, -0.2) is 0 Å². The van der Waals surface area contributed by atoms with Crippen LogP contribution in [0, 0.1) is 11.3 Å². The van der Waals surface area contributed by atoms with Crippen LogP contribution in [-0.2, 0) is 12.8 Å². The number of hydrogen-bond donors (Lipinski definition) is 0. The minimum absolute atomic E-state index is 0.0500. The zero-order chi connectivity index (χ0) is 18.6. The highest BCUT2D eigenvalue weighted by Crippen LogP contribution is 2.38. The Morgan fingerprint density at radius 2 is 1.58 bits per heavy atom. The van der Waals surface area contributed by atoms with Crippen LogP contribution in [0.1, 0.15) is 16.7 Å². The third-order valence-corrected chi connectivity index (χ3v) is 3.88. The summed E-state index contributed by atoms with van der Waals surface area (Å²) in [6, 6.07) is 21.1. The van der Waals surface area contributed by atoms with Gasteiger partial charge in [0.05, 0.1) is 11.1 Å². The molecule has 0 atom stereocenters. The molecule has 0 saturated carbocycles. The summed E-state index contributed by atoms with van der Waals surface area (Å²) in [6.45, 7) is 0.222. The Labute approximate surface area is 149 Å². The van der Waals surface area contributed by atoms with Crippen LogP contribution in [0.2, 0.25) is 0 Å². The average molecular weight is 353 g/mol. The molecule has 0 N–H and O–H groups in total. The lowest BCUT2D eigenvalue weighted by molar-refractivity contribution is -0.137. The van der Waals surface area contributed by atoms with E-state index in [-0.39, 0.29) is 23.5 Å². The normalized spacial score (nSPS) is 11.0. The van der Waals surface area contributed by atoms with Crippen molar-refractivity contribution in [1.82, 2.24) is 0 Å². The Balaban J connectivity index is 1.97. The molecule has 130 valence electrons. The third kappa shape index (κ3) is 3.86. The molecule has 2 nitrogen and oxygen atoms in total.